The van der Waals surface area contributed by atoms with Gasteiger partial charge in [-0.05, 0) is 42.2 Å². The van der Waals surface area contributed by atoms with Gasteiger partial charge in [0.25, 0.3) is 11.8 Å². The Morgan fingerprint density at radius 3 is 2.04 bits per heavy atom. The summed E-state index contributed by atoms with van der Waals surface area (Å²) in [6.45, 7) is 5.59. The highest BCUT2D eigenvalue weighted by molar-refractivity contribution is 5.83. The zero-order valence-electron chi connectivity index (χ0n) is 16.6. The van der Waals surface area contributed by atoms with Crippen LogP contribution in [0.25, 0.3) is 0 Å². The van der Waals surface area contributed by atoms with Crippen LogP contribution in [0.3, 0.4) is 0 Å². The molecule has 0 aliphatic carbocycles. The van der Waals surface area contributed by atoms with Gasteiger partial charge in [0.2, 0.25) is 0 Å². The van der Waals surface area contributed by atoms with Crippen LogP contribution >= 0.6 is 0 Å². The monoisotopic (exact) mass is 386 g/mol. The van der Waals surface area contributed by atoms with Crippen molar-refractivity contribution < 1.29 is 23.8 Å². The minimum atomic E-state index is -0.502. The smallest absolute Gasteiger partial charge is 0.276 e. The van der Waals surface area contributed by atoms with Gasteiger partial charge < -0.3 is 14.2 Å². The number of hydrogen-bond acceptors (Lipinski definition) is 5. The molecule has 2 aromatic rings. The second kappa shape index (κ2) is 10.2. The third-order valence-corrected chi connectivity index (χ3v) is 3.92. The molecule has 2 aromatic carbocycles. The second-order valence-corrected chi connectivity index (χ2v) is 6.52. The lowest BCUT2D eigenvalue weighted by molar-refractivity contribution is -0.131. The number of ether oxygens (including phenoxy) is 3. The quantitative estimate of drug-likeness (QED) is 0.682. The maximum Gasteiger partial charge on any atom is 0.276 e. The van der Waals surface area contributed by atoms with Crippen LogP contribution in [0.2, 0.25) is 0 Å². The summed E-state index contributed by atoms with van der Waals surface area (Å²) in [4.78, 5) is 23.8. The van der Waals surface area contributed by atoms with E-state index in [4.69, 9.17) is 14.2 Å². The van der Waals surface area contributed by atoms with Gasteiger partial charge in [-0.25, -0.2) is 0 Å². The Morgan fingerprint density at radius 2 is 1.46 bits per heavy atom. The van der Waals surface area contributed by atoms with E-state index in [1.807, 2.05) is 25.1 Å². The fourth-order valence-electron chi connectivity index (χ4n) is 2.48. The summed E-state index contributed by atoms with van der Waals surface area (Å²) in [7, 11) is 1.52. The molecule has 0 heterocycles. The van der Waals surface area contributed by atoms with Gasteiger partial charge in [0.15, 0.2) is 24.7 Å². The zero-order chi connectivity index (χ0) is 20.5. The molecule has 2 amide bonds. The molecule has 150 valence electrons. The molecule has 2 N–H and O–H groups in total. The molecule has 0 saturated carbocycles. The first-order valence-electron chi connectivity index (χ1n) is 8.97. The minimum absolute atomic E-state index is 0.211. The highest BCUT2D eigenvalue weighted by Crippen LogP contribution is 2.27. The van der Waals surface area contributed by atoms with E-state index in [0.29, 0.717) is 17.2 Å². The first-order valence-corrected chi connectivity index (χ1v) is 8.97. The summed E-state index contributed by atoms with van der Waals surface area (Å²) in [6.07, 6.45) is 0. The van der Waals surface area contributed by atoms with E-state index >= 15 is 0 Å². The summed E-state index contributed by atoms with van der Waals surface area (Å²) in [5, 5.41) is 0. The molecule has 0 bridgehead atoms. The van der Waals surface area contributed by atoms with Gasteiger partial charge in [0, 0.05) is 0 Å². The number of methoxy groups -OCH3 is 1. The number of rotatable bonds is 8. The first-order chi connectivity index (χ1) is 13.4. The summed E-state index contributed by atoms with van der Waals surface area (Å²) in [5.74, 6) is 0.920. The minimum Gasteiger partial charge on any atom is -0.493 e. The zero-order valence-corrected chi connectivity index (χ0v) is 16.6. The van der Waals surface area contributed by atoms with Crippen LogP contribution in [0.4, 0.5) is 0 Å². The van der Waals surface area contributed by atoms with Crippen molar-refractivity contribution in [2.75, 3.05) is 20.3 Å². The van der Waals surface area contributed by atoms with E-state index in [9.17, 15) is 9.59 Å². The molecule has 0 aliphatic rings. The molecule has 7 nitrogen and oxygen atoms in total. The SMILES string of the molecule is COc1ccccc1OCC(=O)NNC(=O)COc1cc(C)ccc1C(C)C. The maximum atomic E-state index is 11.9. The number of nitrogens with one attached hydrogen (secondary N) is 2. The Morgan fingerprint density at radius 1 is 0.893 bits per heavy atom. The average Bonchev–Trinajstić information content (AvgIpc) is 2.69. The Balaban J connectivity index is 1.78. The van der Waals surface area contributed by atoms with Crippen LogP contribution in [-0.2, 0) is 9.59 Å². The fraction of sp³-hybridized carbons (Fsp3) is 0.333. The van der Waals surface area contributed by atoms with E-state index in [1.165, 1.54) is 7.11 Å². The fourth-order valence-corrected chi connectivity index (χ4v) is 2.48. The number of hydrazine groups is 1. The molecule has 2 rings (SSSR count). The maximum absolute atomic E-state index is 11.9. The molecule has 0 unspecified atom stereocenters. The van der Waals surface area contributed by atoms with Gasteiger partial charge in [0.05, 0.1) is 7.11 Å². The topological polar surface area (TPSA) is 85.9 Å². The van der Waals surface area contributed by atoms with Crippen molar-refractivity contribution in [3.63, 3.8) is 0 Å². The van der Waals surface area contributed by atoms with Gasteiger partial charge in [-0.1, -0.05) is 38.1 Å². The molecular weight excluding hydrogens is 360 g/mol. The lowest BCUT2D eigenvalue weighted by Gasteiger charge is -2.15. The van der Waals surface area contributed by atoms with Gasteiger partial charge in [-0.2, -0.15) is 0 Å². The van der Waals surface area contributed by atoms with Crippen LogP contribution in [0.5, 0.6) is 17.2 Å². The van der Waals surface area contributed by atoms with Crippen molar-refractivity contribution in [1.29, 1.82) is 0 Å². The third kappa shape index (κ3) is 6.19. The Hall–Kier alpha value is -3.22. The summed E-state index contributed by atoms with van der Waals surface area (Å²) in [6, 6.07) is 12.9. The van der Waals surface area contributed by atoms with Gasteiger partial charge in [0.1, 0.15) is 5.75 Å². The molecule has 0 saturated heterocycles. The van der Waals surface area contributed by atoms with E-state index < -0.39 is 11.8 Å². The van der Waals surface area contributed by atoms with Crippen molar-refractivity contribution in [2.24, 2.45) is 0 Å². The lowest BCUT2D eigenvalue weighted by Crippen LogP contribution is -2.45. The number of amides is 2. The van der Waals surface area contributed by atoms with Gasteiger partial charge >= 0.3 is 0 Å². The van der Waals surface area contributed by atoms with E-state index in [0.717, 1.165) is 11.1 Å². The van der Waals surface area contributed by atoms with Crippen LogP contribution in [-0.4, -0.2) is 32.1 Å². The van der Waals surface area contributed by atoms with Crippen LogP contribution in [0, 0.1) is 6.92 Å². The summed E-state index contributed by atoms with van der Waals surface area (Å²) in [5.41, 5.74) is 6.66. The highest BCUT2D eigenvalue weighted by Gasteiger charge is 2.11. The Labute approximate surface area is 165 Å². The standard InChI is InChI=1S/C21H26N2O5/c1-14(2)16-10-9-15(3)11-19(16)28-13-21(25)23-22-20(24)12-27-18-8-6-5-7-17(18)26-4/h5-11,14H,12-13H2,1-4H3,(H,22,24)(H,23,25). The molecule has 0 aromatic heterocycles. The number of hydrogen-bond donors (Lipinski definition) is 2. The molecule has 0 radical (unpaired) electrons. The summed E-state index contributed by atoms with van der Waals surface area (Å²) < 4.78 is 16.2. The first kappa shape index (κ1) is 21.1. The second-order valence-electron chi connectivity index (χ2n) is 6.52. The number of carbonyl (C=O) groups excluding carboxylic acids is 2. The normalized spacial score (nSPS) is 10.3. The van der Waals surface area contributed by atoms with Crippen LogP contribution in [0.15, 0.2) is 42.5 Å². The average molecular weight is 386 g/mol. The van der Waals surface area contributed by atoms with Gasteiger partial charge in [-0.15, -0.1) is 0 Å². The number of para-hydroxylation sites is 2. The summed E-state index contributed by atoms with van der Waals surface area (Å²) >= 11 is 0. The molecular formula is C21H26N2O5. The van der Waals surface area contributed by atoms with Crippen LogP contribution in [0.1, 0.15) is 30.9 Å². The largest absolute Gasteiger partial charge is 0.493 e. The van der Waals surface area contributed by atoms with Crippen molar-refractivity contribution in [1.82, 2.24) is 10.9 Å². The van der Waals surface area contributed by atoms with Gasteiger partial charge in [-0.3, -0.25) is 20.4 Å². The highest BCUT2D eigenvalue weighted by atomic mass is 16.5. The number of carbonyl (C=O) groups is 2. The van der Waals surface area contributed by atoms with Crippen LogP contribution < -0.4 is 25.1 Å². The van der Waals surface area contributed by atoms with E-state index in [-0.39, 0.29) is 19.1 Å². The van der Waals surface area contributed by atoms with Crippen molar-refractivity contribution in [3.8, 4) is 17.2 Å². The molecule has 0 aliphatic heterocycles. The predicted molar refractivity (Wildman–Crippen MR) is 106 cm³/mol. The van der Waals surface area contributed by atoms with Crippen molar-refractivity contribution >= 4 is 11.8 Å². The lowest BCUT2D eigenvalue weighted by atomic mass is 10.0. The van der Waals surface area contributed by atoms with Crippen molar-refractivity contribution in [2.45, 2.75) is 26.7 Å². The molecule has 0 fully saturated rings. The third-order valence-electron chi connectivity index (χ3n) is 3.92. The number of aryl methyl sites for hydroxylation is 1. The van der Waals surface area contributed by atoms with E-state index in [2.05, 4.69) is 24.7 Å². The molecule has 28 heavy (non-hydrogen) atoms. The Bertz CT molecular complexity index is 820. The number of benzene rings is 2. The van der Waals surface area contributed by atoms with Crippen molar-refractivity contribution in [3.05, 3.63) is 53.6 Å². The van der Waals surface area contributed by atoms with E-state index in [1.54, 1.807) is 24.3 Å². The molecule has 0 spiro atoms. The molecule has 7 heteroatoms. The molecule has 0 atom stereocenters. The predicted octanol–water partition coefficient (Wildman–Crippen LogP) is 2.73. The Kier molecular flexibility index (Phi) is 7.68.